The largest absolute Gasteiger partial charge is 0.451 e. The summed E-state index contributed by atoms with van der Waals surface area (Å²) in [6, 6.07) is 5.08. The summed E-state index contributed by atoms with van der Waals surface area (Å²) < 4.78 is 18.0. The van der Waals surface area contributed by atoms with Crippen LogP contribution in [0.2, 0.25) is 0 Å². The SMILES string of the molecule is NC(=O)[C@H]1CCCCN1C(=O)COC(=O)c1csc(-c2ccc(F)cc2)n1. The van der Waals surface area contributed by atoms with Crippen molar-refractivity contribution >= 4 is 29.1 Å². The third-order valence-electron chi connectivity index (χ3n) is 4.28. The van der Waals surface area contributed by atoms with E-state index in [2.05, 4.69) is 4.98 Å². The standard InChI is InChI=1S/C18H18FN3O4S/c19-12-6-4-11(5-7-12)17-21-13(10-27-17)18(25)26-9-15(23)22-8-2-1-3-14(22)16(20)24/h4-7,10,14H,1-3,8-9H2,(H2,20,24)/t14-/m1/s1. The van der Waals surface area contributed by atoms with E-state index in [0.29, 0.717) is 23.5 Å². The molecule has 1 aliphatic rings. The molecule has 0 unspecified atom stereocenters. The molecule has 0 spiro atoms. The van der Waals surface area contributed by atoms with E-state index >= 15 is 0 Å². The maximum atomic E-state index is 13.0. The van der Waals surface area contributed by atoms with Crippen LogP contribution in [0.25, 0.3) is 10.6 Å². The van der Waals surface area contributed by atoms with Crippen LogP contribution in [0.1, 0.15) is 29.8 Å². The van der Waals surface area contributed by atoms with Crippen LogP contribution in [0.4, 0.5) is 4.39 Å². The lowest BCUT2D eigenvalue weighted by Crippen LogP contribution is -2.51. The molecule has 0 radical (unpaired) electrons. The van der Waals surface area contributed by atoms with Gasteiger partial charge >= 0.3 is 5.97 Å². The minimum atomic E-state index is -0.736. The number of thiazole rings is 1. The van der Waals surface area contributed by atoms with E-state index in [1.807, 2.05) is 0 Å². The normalized spacial score (nSPS) is 16.8. The number of carbonyl (C=O) groups excluding carboxylic acids is 3. The predicted molar refractivity (Wildman–Crippen MR) is 96.3 cm³/mol. The fourth-order valence-electron chi connectivity index (χ4n) is 2.90. The number of carbonyl (C=O) groups is 3. The summed E-state index contributed by atoms with van der Waals surface area (Å²) in [4.78, 5) is 41.4. The smallest absolute Gasteiger partial charge is 0.358 e. The summed E-state index contributed by atoms with van der Waals surface area (Å²) in [5.41, 5.74) is 6.08. The number of rotatable bonds is 5. The van der Waals surface area contributed by atoms with E-state index in [4.69, 9.17) is 10.5 Å². The van der Waals surface area contributed by atoms with Crippen LogP contribution < -0.4 is 5.73 Å². The van der Waals surface area contributed by atoms with E-state index in [1.165, 1.54) is 33.7 Å². The summed E-state index contributed by atoms with van der Waals surface area (Å²) in [6.07, 6.45) is 2.11. The van der Waals surface area contributed by atoms with E-state index < -0.39 is 30.4 Å². The first-order chi connectivity index (χ1) is 13.0. The molecule has 1 atom stereocenters. The van der Waals surface area contributed by atoms with E-state index in [0.717, 1.165) is 12.8 Å². The fraction of sp³-hybridized carbons (Fsp3) is 0.333. The van der Waals surface area contributed by atoms with Crippen LogP contribution in [0.5, 0.6) is 0 Å². The zero-order valence-electron chi connectivity index (χ0n) is 14.4. The van der Waals surface area contributed by atoms with Gasteiger partial charge in [-0.1, -0.05) is 0 Å². The zero-order chi connectivity index (χ0) is 19.4. The van der Waals surface area contributed by atoms with Gasteiger partial charge in [0.15, 0.2) is 12.3 Å². The average Bonchev–Trinajstić information content (AvgIpc) is 3.16. The molecule has 2 heterocycles. The lowest BCUT2D eigenvalue weighted by atomic mass is 10.0. The highest BCUT2D eigenvalue weighted by Gasteiger charge is 2.31. The molecule has 1 saturated heterocycles. The van der Waals surface area contributed by atoms with Crippen LogP contribution >= 0.6 is 11.3 Å². The van der Waals surface area contributed by atoms with Crippen molar-refractivity contribution in [2.45, 2.75) is 25.3 Å². The highest BCUT2D eigenvalue weighted by molar-refractivity contribution is 7.13. The maximum absolute atomic E-state index is 13.0. The Labute approximate surface area is 158 Å². The van der Waals surface area contributed by atoms with E-state index in [-0.39, 0.29) is 11.5 Å². The number of esters is 1. The number of likely N-dealkylation sites (tertiary alicyclic amines) is 1. The van der Waals surface area contributed by atoms with Crippen molar-refractivity contribution in [3.8, 4) is 10.6 Å². The number of hydrogen-bond donors (Lipinski definition) is 1. The van der Waals surface area contributed by atoms with Gasteiger partial charge in [0.2, 0.25) is 5.91 Å². The van der Waals surface area contributed by atoms with Gasteiger partial charge < -0.3 is 15.4 Å². The minimum Gasteiger partial charge on any atom is -0.451 e. The van der Waals surface area contributed by atoms with Crippen molar-refractivity contribution in [2.75, 3.05) is 13.2 Å². The summed E-state index contributed by atoms with van der Waals surface area (Å²) in [5.74, 6) is -2.11. The molecule has 0 bridgehead atoms. The molecule has 0 saturated carbocycles. The molecular formula is C18H18FN3O4S. The van der Waals surface area contributed by atoms with Crippen molar-refractivity contribution in [3.63, 3.8) is 0 Å². The zero-order valence-corrected chi connectivity index (χ0v) is 15.2. The number of nitrogens with two attached hydrogens (primary N) is 1. The Morgan fingerprint density at radius 1 is 1.26 bits per heavy atom. The number of hydrogen-bond acceptors (Lipinski definition) is 6. The summed E-state index contributed by atoms with van der Waals surface area (Å²) in [5, 5.41) is 2.05. The van der Waals surface area contributed by atoms with Gasteiger partial charge in [-0.05, 0) is 43.5 Å². The number of piperidine rings is 1. The first kappa shape index (κ1) is 19.0. The fourth-order valence-corrected chi connectivity index (χ4v) is 3.70. The third kappa shape index (κ3) is 4.48. The maximum Gasteiger partial charge on any atom is 0.358 e. The first-order valence-electron chi connectivity index (χ1n) is 8.43. The van der Waals surface area contributed by atoms with Gasteiger partial charge in [-0.3, -0.25) is 9.59 Å². The van der Waals surface area contributed by atoms with Crippen LogP contribution in [0.15, 0.2) is 29.6 Å². The minimum absolute atomic E-state index is 0.0669. The summed E-state index contributed by atoms with van der Waals surface area (Å²) >= 11 is 1.21. The highest BCUT2D eigenvalue weighted by atomic mass is 32.1. The number of aromatic nitrogens is 1. The number of ether oxygens (including phenoxy) is 1. The second-order valence-corrected chi connectivity index (χ2v) is 6.98. The number of nitrogens with zero attached hydrogens (tertiary/aromatic N) is 2. The predicted octanol–water partition coefficient (Wildman–Crippen LogP) is 1.97. The summed E-state index contributed by atoms with van der Waals surface area (Å²) in [7, 11) is 0. The molecule has 2 aromatic rings. The van der Waals surface area contributed by atoms with Crippen molar-refractivity contribution in [1.29, 1.82) is 0 Å². The van der Waals surface area contributed by atoms with Gasteiger partial charge in [0.05, 0.1) is 0 Å². The van der Waals surface area contributed by atoms with Gasteiger partial charge in [0, 0.05) is 17.5 Å². The molecule has 1 aliphatic heterocycles. The molecule has 1 aromatic carbocycles. The Hall–Kier alpha value is -2.81. The first-order valence-corrected chi connectivity index (χ1v) is 9.31. The molecule has 1 fully saturated rings. The number of amides is 2. The van der Waals surface area contributed by atoms with Gasteiger partial charge in [-0.2, -0.15) is 0 Å². The number of benzene rings is 1. The second kappa shape index (κ2) is 8.26. The Bertz CT molecular complexity index is 853. The Kier molecular flexibility index (Phi) is 5.80. The topological polar surface area (TPSA) is 103 Å². The summed E-state index contributed by atoms with van der Waals surface area (Å²) in [6.45, 7) is -0.0680. The monoisotopic (exact) mass is 391 g/mol. The molecule has 27 heavy (non-hydrogen) atoms. The van der Waals surface area contributed by atoms with Crippen molar-refractivity contribution in [3.05, 3.63) is 41.2 Å². The molecule has 9 heteroatoms. The van der Waals surface area contributed by atoms with Crippen molar-refractivity contribution in [1.82, 2.24) is 9.88 Å². The average molecular weight is 391 g/mol. The molecule has 142 valence electrons. The number of primary amides is 1. The van der Waals surface area contributed by atoms with Crippen LogP contribution in [-0.2, 0) is 14.3 Å². The van der Waals surface area contributed by atoms with Gasteiger partial charge in [0.1, 0.15) is 16.9 Å². The molecular weight excluding hydrogens is 373 g/mol. The molecule has 0 aliphatic carbocycles. The third-order valence-corrected chi connectivity index (χ3v) is 5.17. The van der Waals surface area contributed by atoms with Crippen molar-refractivity contribution < 1.29 is 23.5 Å². The van der Waals surface area contributed by atoms with E-state index in [1.54, 1.807) is 12.1 Å². The molecule has 3 rings (SSSR count). The van der Waals surface area contributed by atoms with Gasteiger partial charge in [-0.15, -0.1) is 11.3 Å². The lowest BCUT2D eigenvalue weighted by molar-refractivity contribution is -0.143. The Morgan fingerprint density at radius 3 is 2.70 bits per heavy atom. The van der Waals surface area contributed by atoms with E-state index in [9.17, 15) is 18.8 Å². The van der Waals surface area contributed by atoms with Crippen LogP contribution in [-0.4, -0.2) is 46.9 Å². The van der Waals surface area contributed by atoms with Crippen molar-refractivity contribution in [2.24, 2.45) is 5.73 Å². The van der Waals surface area contributed by atoms with Crippen LogP contribution in [0, 0.1) is 5.82 Å². The lowest BCUT2D eigenvalue weighted by Gasteiger charge is -2.33. The van der Waals surface area contributed by atoms with Gasteiger partial charge in [0.25, 0.3) is 5.91 Å². The number of halogens is 1. The Balaban J connectivity index is 1.60. The molecule has 1 aromatic heterocycles. The van der Waals surface area contributed by atoms with Crippen LogP contribution in [0.3, 0.4) is 0 Å². The van der Waals surface area contributed by atoms with Gasteiger partial charge in [-0.25, -0.2) is 14.2 Å². The molecule has 7 nitrogen and oxygen atoms in total. The molecule has 2 N–H and O–H groups in total. The molecule has 2 amide bonds. The Morgan fingerprint density at radius 2 is 2.00 bits per heavy atom. The second-order valence-electron chi connectivity index (χ2n) is 6.12. The quantitative estimate of drug-likeness (QED) is 0.785. The highest BCUT2D eigenvalue weighted by Crippen LogP contribution is 2.24.